The van der Waals surface area contributed by atoms with Gasteiger partial charge in [0.25, 0.3) is 5.91 Å². The average Bonchev–Trinajstić information content (AvgIpc) is 2.93. The van der Waals surface area contributed by atoms with Crippen molar-refractivity contribution in [2.75, 3.05) is 32.9 Å². The van der Waals surface area contributed by atoms with Crippen LogP contribution in [0.4, 0.5) is 4.39 Å². The predicted molar refractivity (Wildman–Crippen MR) is 94.5 cm³/mol. The quantitative estimate of drug-likeness (QED) is 0.891. The minimum Gasteiger partial charge on any atom is -0.489 e. The second-order valence-corrected chi connectivity index (χ2v) is 6.28. The van der Waals surface area contributed by atoms with Gasteiger partial charge in [0.15, 0.2) is 0 Å². The van der Waals surface area contributed by atoms with Crippen molar-refractivity contribution in [1.29, 1.82) is 0 Å². The molecule has 1 amide bonds. The molecule has 2 aromatic carbocycles. The van der Waals surface area contributed by atoms with E-state index in [1.165, 1.54) is 6.07 Å². The van der Waals surface area contributed by atoms with Gasteiger partial charge in [0.1, 0.15) is 18.2 Å². The van der Waals surface area contributed by atoms with Gasteiger partial charge in [-0.25, -0.2) is 4.39 Å². The number of carbonyl (C=O) groups excluding carboxylic acids is 1. The Balaban J connectivity index is 1.61. The van der Waals surface area contributed by atoms with Crippen LogP contribution in [0.2, 0.25) is 0 Å². The number of hydrogen-bond donors (Lipinski definition) is 1. The molecule has 0 saturated carbocycles. The number of halogens is 1. The van der Waals surface area contributed by atoms with Crippen molar-refractivity contribution in [2.24, 2.45) is 5.92 Å². The lowest BCUT2D eigenvalue weighted by atomic mass is 10.1. The molecule has 1 atom stereocenters. The maximum absolute atomic E-state index is 13.6. The summed E-state index contributed by atoms with van der Waals surface area (Å²) >= 11 is 0. The first kappa shape index (κ1) is 18.4. The molecule has 1 unspecified atom stereocenters. The van der Waals surface area contributed by atoms with E-state index in [2.05, 4.69) is 0 Å². The van der Waals surface area contributed by atoms with Crippen LogP contribution in [0.25, 0.3) is 0 Å². The fourth-order valence-electron chi connectivity index (χ4n) is 2.83. The summed E-state index contributed by atoms with van der Waals surface area (Å²) in [5.74, 6) is 0.0952. The largest absolute Gasteiger partial charge is 0.489 e. The van der Waals surface area contributed by atoms with Gasteiger partial charge in [-0.05, 0) is 30.3 Å². The van der Waals surface area contributed by atoms with E-state index in [1.807, 2.05) is 0 Å². The minimum atomic E-state index is -0.305. The van der Waals surface area contributed by atoms with Crippen LogP contribution in [0.5, 0.6) is 5.75 Å². The SMILES string of the molecule is O=C(c1ccc(OCc2ccccc2F)cc1)N1CCOCC(CO)C1. The van der Waals surface area contributed by atoms with Crippen LogP contribution in [0.1, 0.15) is 15.9 Å². The molecule has 1 fully saturated rings. The van der Waals surface area contributed by atoms with Gasteiger partial charge >= 0.3 is 0 Å². The van der Waals surface area contributed by atoms with E-state index in [9.17, 15) is 14.3 Å². The van der Waals surface area contributed by atoms with Crippen molar-refractivity contribution in [3.05, 3.63) is 65.5 Å². The minimum absolute atomic E-state index is 0.00734. The number of hydrogen-bond acceptors (Lipinski definition) is 4. The highest BCUT2D eigenvalue weighted by Gasteiger charge is 2.23. The number of amides is 1. The fraction of sp³-hybridized carbons (Fsp3) is 0.350. The summed E-state index contributed by atoms with van der Waals surface area (Å²) in [6.45, 7) is 2.02. The van der Waals surface area contributed by atoms with Gasteiger partial charge in [-0.1, -0.05) is 18.2 Å². The van der Waals surface area contributed by atoms with Gasteiger partial charge in [-0.3, -0.25) is 4.79 Å². The van der Waals surface area contributed by atoms with E-state index in [4.69, 9.17) is 9.47 Å². The first-order valence-electron chi connectivity index (χ1n) is 8.61. The third kappa shape index (κ3) is 4.59. The molecule has 138 valence electrons. The van der Waals surface area contributed by atoms with Gasteiger partial charge < -0.3 is 19.5 Å². The Kier molecular flexibility index (Phi) is 6.20. The van der Waals surface area contributed by atoms with Crippen molar-refractivity contribution in [3.8, 4) is 5.75 Å². The topological polar surface area (TPSA) is 59.0 Å². The van der Waals surface area contributed by atoms with E-state index >= 15 is 0 Å². The molecule has 3 rings (SSSR count). The Bertz CT molecular complexity index is 735. The van der Waals surface area contributed by atoms with Crippen LogP contribution in [-0.2, 0) is 11.3 Å². The molecule has 1 N–H and O–H groups in total. The smallest absolute Gasteiger partial charge is 0.253 e. The van der Waals surface area contributed by atoms with Gasteiger partial charge in [-0.15, -0.1) is 0 Å². The first-order chi connectivity index (χ1) is 12.7. The summed E-state index contributed by atoms with van der Waals surface area (Å²) in [6.07, 6.45) is 0. The third-order valence-electron chi connectivity index (χ3n) is 4.34. The first-order valence-corrected chi connectivity index (χ1v) is 8.61. The highest BCUT2D eigenvalue weighted by atomic mass is 19.1. The Morgan fingerprint density at radius 3 is 2.73 bits per heavy atom. The lowest BCUT2D eigenvalue weighted by Gasteiger charge is -2.22. The second-order valence-electron chi connectivity index (χ2n) is 6.28. The standard InChI is InChI=1S/C20H22FNO4/c21-19-4-2-1-3-17(19)14-26-18-7-5-16(6-8-18)20(24)22-9-10-25-13-15(11-22)12-23/h1-8,15,23H,9-14H2. The molecule has 0 bridgehead atoms. The third-order valence-corrected chi connectivity index (χ3v) is 4.34. The number of rotatable bonds is 5. The van der Waals surface area contributed by atoms with E-state index in [-0.39, 0.29) is 30.9 Å². The summed E-state index contributed by atoms with van der Waals surface area (Å²) < 4.78 is 24.6. The monoisotopic (exact) mass is 359 g/mol. The summed E-state index contributed by atoms with van der Waals surface area (Å²) in [7, 11) is 0. The highest BCUT2D eigenvalue weighted by molar-refractivity contribution is 5.94. The van der Waals surface area contributed by atoms with Crippen molar-refractivity contribution in [2.45, 2.75) is 6.61 Å². The van der Waals surface area contributed by atoms with Crippen LogP contribution >= 0.6 is 0 Å². The van der Waals surface area contributed by atoms with Crippen LogP contribution in [0.15, 0.2) is 48.5 Å². The lowest BCUT2D eigenvalue weighted by Crippen LogP contribution is -2.36. The molecule has 5 nitrogen and oxygen atoms in total. The van der Waals surface area contributed by atoms with Crippen molar-refractivity contribution >= 4 is 5.91 Å². The normalized spacial score (nSPS) is 17.6. The van der Waals surface area contributed by atoms with E-state index in [1.54, 1.807) is 47.4 Å². The molecule has 0 aliphatic carbocycles. The molecule has 1 heterocycles. The number of benzene rings is 2. The van der Waals surface area contributed by atoms with E-state index in [0.29, 0.717) is 43.2 Å². The zero-order valence-electron chi connectivity index (χ0n) is 14.4. The molecular weight excluding hydrogens is 337 g/mol. The molecule has 1 aliphatic rings. The Hall–Kier alpha value is -2.44. The lowest BCUT2D eigenvalue weighted by molar-refractivity contribution is 0.0728. The molecule has 2 aromatic rings. The maximum Gasteiger partial charge on any atom is 0.253 e. The van der Waals surface area contributed by atoms with Crippen molar-refractivity contribution in [1.82, 2.24) is 4.90 Å². The number of ether oxygens (including phenoxy) is 2. The van der Waals surface area contributed by atoms with Crippen molar-refractivity contribution in [3.63, 3.8) is 0 Å². The van der Waals surface area contributed by atoms with Gasteiger partial charge in [0.05, 0.1) is 13.2 Å². The molecule has 1 saturated heterocycles. The van der Waals surface area contributed by atoms with E-state index < -0.39 is 0 Å². The average molecular weight is 359 g/mol. The molecule has 6 heteroatoms. The predicted octanol–water partition coefficient (Wildman–Crippen LogP) is 2.49. The summed E-state index contributed by atoms with van der Waals surface area (Å²) in [6, 6.07) is 13.2. The van der Waals surface area contributed by atoms with Crippen LogP contribution in [0, 0.1) is 11.7 Å². The molecule has 26 heavy (non-hydrogen) atoms. The van der Waals surface area contributed by atoms with Gasteiger partial charge in [0.2, 0.25) is 0 Å². The zero-order valence-corrected chi connectivity index (χ0v) is 14.4. The molecule has 0 radical (unpaired) electrons. The molecular formula is C20H22FNO4. The maximum atomic E-state index is 13.6. The number of carbonyl (C=O) groups is 1. The summed E-state index contributed by atoms with van der Waals surface area (Å²) in [5.41, 5.74) is 1.02. The molecule has 0 aromatic heterocycles. The number of aliphatic hydroxyl groups excluding tert-OH is 1. The Labute approximate surface area is 152 Å². The molecule has 0 spiro atoms. The van der Waals surface area contributed by atoms with Crippen LogP contribution in [-0.4, -0.2) is 48.8 Å². The second kappa shape index (κ2) is 8.78. The Morgan fingerprint density at radius 2 is 2.00 bits per heavy atom. The van der Waals surface area contributed by atoms with E-state index in [0.717, 1.165) is 0 Å². The van der Waals surface area contributed by atoms with Crippen LogP contribution < -0.4 is 4.74 Å². The fourth-order valence-corrected chi connectivity index (χ4v) is 2.83. The van der Waals surface area contributed by atoms with Crippen LogP contribution in [0.3, 0.4) is 0 Å². The van der Waals surface area contributed by atoms with Gasteiger partial charge in [0, 0.05) is 36.7 Å². The number of aliphatic hydroxyl groups is 1. The Morgan fingerprint density at radius 1 is 1.23 bits per heavy atom. The van der Waals surface area contributed by atoms with Gasteiger partial charge in [-0.2, -0.15) is 0 Å². The zero-order chi connectivity index (χ0) is 18.4. The summed E-state index contributed by atoms with van der Waals surface area (Å²) in [5, 5.41) is 9.33. The summed E-state index contributed by atoms with van der Waals surface area (Å²) in [4.78, 5) is 14.3. The number of nitrogens with zero attached hydrogens (tertiary/aromatic N) is 1. The molecule has 1 aliphatic heterocycles. The van der Waals surface area contributed by atoms with Crippen molar-refractivity contribution < 1.29 is 23.8 Å². The highest BCUT2D eigenvalue weighted by Crippen LogP contribution is 2.18.